The molecule has 0 amide bonds. The zero-order valence-corrected chi connectivity index (χ0v) is 10.5. The molecule has 0 saturated carbocycles. The summed E-state index contributed by atoms with van der Waals surface area (Å²) >= 11 is 6.00. The molecule has 4 rings (SSSR count). The molecule has 0 radical (unpaired) electrons. The van der Waals surface area contributed by atoms with Gasteiger partial charge in [0.25, 0.3) is 0 Å². The largest absolute Gasteiger partial charge is 0.420 e. The topological polar surface area (TPSA) is 46.0 Å². The summed E-state index contributed by atoms with van der Waals surface area (Å²) in [6.07, 6.45) is 0. The van der Waals surface area contributed by atoms with Gasteiger partial charge in [-0.25, -0.2) is 4.79 Å². The predicted octanol–water partition coefficient (Wildman–Crippen LogP) is 4.08. The van der Waals surface area contributed by atoms with Gasteiger partial charge in [-0.05, 0) is 24.3 Å². The Kier molecular flexibility index (Phi) is 2.03. The summed E-state index contributed by atoms with van der Waals surface area (Å²) in [5, 5.41) is 2.88. The first-order chi connectivity index (χ1) is 9.24. The van der Waals surface area contributed by atoms with E-state index in [0.29, 0.717) is 16.0 Å². The summed E-state index contributed by atoms with van der Waals surface area (Å²) in [5.41, 5.74) is 1.96. The van der Waals surface area contributed by atoms with Crippen LogP contribution in [0.15, 0.2) is 51.7 Å². The Bertz CT molecular complexity index is 997. The van der Waals surface area contributed by atoms with Crippen molar-refractivity contribution in [2.75, 3.05) is 0 Å². The van der Waals surface area contributed by atoms with Crippen LogP contribution in [-0.2, 0) is 0 Å². The third-order valence-electron chi connectivity index (χ3n) is 3.32. The van der Waals surface area contributed by atoms with Crippen molar-refractivity contribution in [2.45, 2.75) is 0 Å². The minimum atomic E-state index is -0.330. The number of H-pyrrole nitrogens is 1. The van der Waals surface area contributed by atoms with Crippen LogP contribution in [0.5, 0.6) is 0 Å². The molecule has 0 aliphatic heterocycles. The Morgan fingerprint density at radius 3 is 2.63 bits per heavy atom. The van der Waals surface area contributed by atoms with Crippen molar-refractivity contribution in [3.8, 4) is 0 Å². The Balaban J connectivity index is 2.36. The molecule has 2 heterocycles. The molecule has 2 aromatic carbocycles. The van der Waals surface area contributed by atoms with Gasteiger partial charge in [-0.2, -0.15) is 0 Å². The standard InChI is InChI=1S/C15H8ClNO2/c16-8-5-6-12-11(7-8)14-13(17-12)9-3-1-2-4-10(9)15(18)19-14/h1-7,17H. The first-order valence-corrected chi connectivity index (χ1v) is 6.24. The Morgan fingerprint density at radius 1 is 1.00 bits per heavy atom. The number of hydrogen-bond acceptors (Lipinski definition) is 2. The third kappa shape index (κ3) is 1.42. The second-order valence-corrected chi connectivity index (χ2v) is 4.89. The van der Waals surface area contributed by atoms with Crippen molar-refractivity contribution in [1.82, 2.24) is 4.98 Å². The fraction of sp³-hybridized carbons (Fsp3) is 0. The van der Waals surface area contributed by atoms with Gasteiger partial charge in [-0.3, -0.25) is 0 Å². The molecular weight excluding hydrogens is 262 g/mol. The smallest absolute Gasteiger partial charge is 0.344 e. The van der Waals surface area contributed by atoms with E-state index in [1.165, 1.54) is 0 Å². The molecule has 0 unspecified atom stereocenters. The molecule has 92 valence electrons. The lowest BCUT2D eigenvalue weighted by atomic mass is 10.1. The van der Waals surface area contributed by atoms with Gasteiger partial charge < -0.3 is 9.40 Å². The van der Waals surface area contributed by atoms with Gasteiger partial charge in [0.2, 0.25) is 0 Å². The van der Waals surface area contributed by atoms with Crippen LogP contribution in [0.25, 0.3) is 32.8 Å². The van der Waals surface area contributed by atoms with Gasteiger partial charge in [0.15, 0.2) is 5.58 Å². The van der Waals surface area contributed by atoms with Crippen molar-refractivity contribution >= 4 is 44.4 Å². The Hall–Kier alpha value is -2.26. The summed E-state index contributed by atoms with van der Waals surface area (Å²) in [7, 11) is 0. The molecule has 3 nitrogen and oxygen atoms in total. The number of fused-ring (bicyclic) bond motifs is 5. The van der Waals surface area contributed by atoms with E-state index in [-0.39, 0.29) is 5.63 Å². The zero-order chi connectivity index (χ0) is 13.0. The number of aromatic nitrogens is 1. The third-order valence-corrected chi connectivity index (χ3v) is 3.56. The van der Waals surface area contributed by atoms with E-state index in [4.69, 9.17) is 16.0 Å². The van der Waals surface area contributed by atoms with Gasteiger partial charge in [0.05, 0.1) is 10.9 Å². The lowest BCUT2D eigenvalue weighted by Crippen LogP contribution is -1.98. The van der Waals surface area contributed by atoms with Crippen LogP contribution in [0.2, 0.25) is 5.02 Å². The first-order valence-electron chi connectivity index (χ1n) is 5.87. The summed E-state index contributed by atoms with van der Waals surface area (Å²) in [5.74, 6) is 0. The van der Waals surface area contributed by atoms with Gasteiger partial charge in [-0.1, -0.05) is 29.8 Å². The summed E-state index contributed by atoms with van der Waals surface area (Å²) in [6.45, 7) is 0. The van der Waals surface area contributed by atoms with E-state index >= 15 is 0 Å². The quantitative estimate of drug-likeness (QED) is 0.523. The molecular formula is C15H8ClNO2. The Labute approximate surface area is 112 Å². The fourth-order valence-electron chi connectivity index (χ4n) is 2.46. The first kappa shape index (κ1) is 10.6. The zero-order valence-electron chi connectivity index (χ0n) is 9.74. The molecule has 4 heteroatoms. The second-order valence-electron chi connectivity index (χ2n) is 4.45. The van der Waals surface area contributed by atoms with Gasteiger partial charge in [-0.15, -0.1) is 0 Å². The molecule has 0 aliphatic carbocycles. The molecule has 0 spiro atoms. The van der Waals surface area contributed by atoms with E-state index in [0.717, 1.165) is 21.8 Å². The molecule has 0 atom stereocenters. The van der Waals surface area contributed by atoms with Crippen LogP contribution >= 0.6 is 11.6 Å². The van der Waals surface area contributed by atoms with Gasteiger partial charge >= 0.3 is 5.63 Å². The SMILES string of the molecule is O=c1oc2c3cc(Cl)ccc3[nH]c2c2ccccc12. The monoisotopic (exact) mass is 269 g/mol. The number of rotatable bonds is 0. The molecule has 19 heavy (non-hydrogen) atoms. The van der Waals surface area contributed by atoms with Crippen molar-refractivity contribution in [1.29, 1.82) is 0 Å². The van der Waals surface area contributed by atoms with Crippen molar-refractivity contribution in [3.05, 3.63) is 57.9 Å². The molecule has 2 aromatic heterocycles. The van der Waals surface area contributed by atoms with E-state index in [9.17, 15) is 4.79 Å². The summed E-state index contributed by atoms with van der Waals surface area (Å²) in [4.78, 5) is 15.3. The van der Waals surface area contributed by atoms with Crippen LogP contribution in [0.4, 0.5) is 0 Å². The molecule has 0 fully saturated rings. The van der Waals surface area contributed by atoms with Crippen LogP contribution in [0.3, 0.4) is 0 Å². The number of benzene rings is 2. The van der Waals surface area contributed by atoms with Crippen LogP contribution in [0.1, 0.15) is 0 Å². The number of hydrogen-bond donors (Lipinski definition) is 1. The number of aromatic amines is 1. The van der Waals surface area contributed by atoms with Crippen LogP contribution < -0.4 is 5.63 Å². The maximum Gasteiger partial charge on any atom is 0.344 e. The van der Waals surface area contributed by atoms with E-state index in [1.807, 2.05) is 24.3 Å². The van der Waals surface area contributed by atoms with E-state index < -0.39 is 0 Å². The highest BCUT2D eigenvalue weighted by Gasteiger charge is 2.12. The summed E-state index contributed by atoms with van der Waals surface area (Å²) in [6, 6.07) is 12.9. The highest BCUT2D eigenvalue weighted by Crippen LogP contribution is 2.30. The maximum absolute atomic E-state index is 12.0. The molecule has 0 saturated heterocycles. The van der Waals surface area contributed by atoms with Crippen molar-refractivity contribution < 1.29 is 4.42 Å². The average Bonchev–Trinajstić information content (AvgIpc) is 2.78. The lowest BCUT2D eigenvalue weighted by molar-refractivity contribution is 0.573. The molecule has 4 aromatic rings. The fourth-order valence-corrected chi connectivity index (χ4v) is 2.63. The van der Waals surface area contributed by atoms with E-state index in [1.54, 1.807) is 18.2 Å². The highest BCUT2D eigenvalue weighted by molar-refractivity contribution is 6.31. The number of halogens is 1. The molecule has 0 aliphatic rings. The normalized spacial score (nSPS) is 11.6. The molecule has 0 bridgehead atoms. The van der Waals surface area contributed by atoms with Gasteiger partial charge in [0.1, 0.15) is 0 Å². The highest BCUT2D eigenvalue weighted by atomic mass is 35.5. The maximum atomic E-state index is 12.0. The van der Waals surface area contributed by atoms with E-state index in [2.05, 4.69) is 4.98 Å². The lowest BCUT2D eigenvalue weighted by Gasteiger charge is -1.97. The Morgan fingerprint density at radius 2 is 1.79 bits per heavy atom. The minimum absolute atomic E-state index is 0.330. The molecule has 1 N–H and O–H groups in total. The van der Waals surface area contributed by atoms with Crippen LogP contribution in [-0.4, -0.2) is 4.98 Å². The number of nitrogens with one attached hydrogen (secondary N) is 1. The minimum Gasteiger partial charge on any atom is -0.420 e. The second kappa shape index (κ2) is 3.62. The summed E-state index contributed by atoms with van der Waals surface area (Å²) < 4.78 is 5.44. The van der Waals surface area contributed by atoms with Crippen molar-refractivity contribution in [3.63, 3.8) is 0 Å². The van der Waals surface area contributed by atoms with Gasteiger partial charge in [0, 0.05) is 21.3 Å². The predicted molar refractivity (Wildman–Crippen MR) is 76.9 cm³/mol. The average molecular weight is 270 g/mol. The van der Waals surface area contributed by atoms with Crippen molar-refractivity contribution in [2.24, 2.45) is 0 Å². The van der Waals surface area contributed by atoms with Crippen LogP contribution in [0, 0.1) is 0 Å².